The smallest absolute Gasteiger partial charge is 0.224 e. The van der Waals surface area contributed by atoms with Gasteiger partial charge in [-0.25, -0.2) is 9.97 Å². The van der Waals surface area contributed by atoms with E-state index in [1.54, 1.807) is 6.20 Å². The summed E-state index contributed by atoms with van der Waals surface area (Å²) in [5.41, 5.74) is 0.743. The second-order valence-corrected chi connectivity index (χ2v) is 5.47. The quantitative estimate of drug-likeness (QED) is 0.937. The molecular formula is C17H21N5O. The van der Waals surface area contributed by atoms with E-state index < -0.39 is 0 Å². The number of hydrogen-bond acceptors (Lipinski definition) is 5. The van der Waals surface area contributed by atoms with Gasteiger partial charge < -0.3 is 15.1 Å². The number of hydrogen-bond donors (Lipinski definition) is 1. The van der Waals surface area contributed by atoms with Crippen molar-refractivity contribution in [2.75, 3.05) is 41.3 Å². The number of anilines is 3. The summed E-state index contributed by atoms with van der Waals surface area (Å²) in [5, 5.41) is 2.81. The third kappa shape index (κ3) is 3.77. The molecule has 0 aromatic carbocycles. The number of aromatic nitrogens is 2. The molecule has 3 heterocycles. The molecule has 1 N–H and O–H groups in total. The van der Waals surface area contributed by atoms with Crippen molar-refractivity contribution in [3.05, 3.63) is 42.7 Å². The number of nitrogens with one attached hydrogen (secondary N) is 1. The van der Waals surface area contributed by atoms with E-state index in [1.807, 2.05) is 43.5 Å². The largest absolute Gasteiger partial charge is 0.353 e. The van der Waals surface area contributed by atoms with Crippen LogP contribution in [0.2, 0.25) is 0 Å². The van der Waals surface area contributed by atoms with Crippen LogP contribution in [0.3, 0.4) is 0 Å². The molecule has 0 aliphatic carbocycles. The maximum Gasteiger partial charge on any atom is 0.224 e. The summed E-state index contributed by atoms with van der Waals surface area (Å²) in [6.45, 7) is 5.49. The van der Waals surface area contributed by atoms with Gasteiger partial charge in [-0.1, -0.05) is 13.0 Å². The molecule has 1 saturated heterocycles. The zero-order chi connectivity index (χ0) is 16.1. The minimum Gasteiger partial charge on any atom is -0.353 e. The van der Waals surface area contributed by atoms with Crippen LogP contribution < -0.4 is 15.1 Å². The second-order valence-electron chi connectivity index (χ2n) is 5.47. The first kappa shape index (κ1) is 15.3. The summed E-state index contributed by atoms with van der Waals surface area (Å²) >= 11 is 0. The maximum atomic E-state index is 11.4. The Morgan fingerprint density at radius 2 is 1.74 bits per heavy atom. The third-order valence-corrected chi connectivity index (χ3v) is 3.93. The van der Waals surface area contributed by atoms with E-state index in [2.05, 4.69) is 25.1 Å². The number of amides is 1. The molecule has 6 heteroatoms. The number of nitrogens with zero attached hydrogens (tertiary/aromatic N) is 4. The van der Waals surface area contributed by atoms with Gasteiger partial charge in [0.2, 0.25) is 5.91 Å². The van der Waals surface area contributed by atoms with Crippen molar-refractivity contribution in [3.63, 3.8) is 0 Å². The highest BCUT2D eigenvalue weighted by molar-refractivity contribution is 5.90. The third-order valence-electron chi connectivity index (χ3n) is 3.93. The number of carbonyl (C=O) groups is 1. The minimum absolute atomic E-state index is 0.00326. The summed E-state index contributed by atoms with van der Waals surface area (Å²) < 4.78 is 0. The zero-order valence-electron chi connectivity index (χ0n) is 13.3. The van der Waals surface area contributed by atoms with E-state index in [0.29, 0.717) is 6.42 Å². The van der Waals surface area contributed by atoms with Gasteiger partial charge in [0.05, 0.1) is 11.9 Å². The lowest BCUT2D eigenvalue weighted by Gasteiger charge is -2.36. The lowest BCUT2D eigenvalue weighted by atomic mass is 10.3. The van der Waals surface area contributed by atoms with Gasteiger partial charge in [-0.05, 0) is 24.3 Å². The molecule has 0 atom stereocenters. The van der Waals surface area contributed by atoms with E-state index in [0.717, 1.165) is 43.5 Å². The monoisotopic (exact) mass is 311 g/mol. The van der Waals surface area contributed by atoms with Crippen LogP contribution in [0.4, 0.5) is 17.3 Å². The fourth-order valence-corrected chi connectivity index (χ4v) is 2.60. The summed E-state index contributed by atoms with van der Waals surface area (Å²) in [7, 11) is 0. The van der Waals surface area contributed by atoms with Crippen molar-refractivity contribution in [1.29, 1.82) is 0 Å². The summed E-state index contributed by atoms with van der Waals surface area (Å²) in [5.74, 6) is 1.97. The Kier molecular flexibility index (Phi) is 4.71. The molecule has 1 aliphatic heterocycles. The fourth-order valence-electron chi connectivity index (χ4n) is 2.60. The van der Waals surface area contributed by atoms with Crippen molar-refractivity contribution in [2.24, 2.45) is 0 Å². The Labute approximate surface area is 136 Å². The molecule has 0 saturated carbocycles. The van der Waals surface area contributed by atoms with Gasteiger partial charge in [0.25, 0.3) is 0 Å². The summed E-state index contributed by atoms with van der Waals surface area (Å²) in [4.78, 5) is 24.8. The van der Waals surface area contributed by atoms with Gasteiger partial charge in [-0.3, -0.25) is 4.79 Å². The molecule has 2 aromatic heterocycles. The van der Waals surface area contributed by atoms with Crippen molar-refractivity contribution in [3.8, 4) is 0 Å². The van der Waals surface area contributed by atoms with E-state index in [4.69, 9.17) is 0 Å². The molecule has 0 spiro atoms. The van der Waals surface area contributed by atoms with Crippen molar-refractivity contribution in [2.45, 2.75) is 13.3 Å². The zero-order valence-corrected chi connectivity index (χ0v) is 13.3. The van der Waals surface area contributed by atoms with Crippen molar-refractivity contribution >= 4 is 23.2 Å². The van der Waals surface area contributed by atoms with Gasteiger partial charge in [0.15, 0.2) is 0 Å². The molecule has 0 bridgehead atoms. The Hall–Kier alpha value is -2.63. The Balaban J connectivity index is 1.58. The van der Waals surface area contributed by atoms with Crippen LogP contribution in [0.1, 0.15) is 13.3 Å². The molecule has 1 fully saturated rings. The molecule has 1 amide bonds. The van der Waals surface area contributed by atoms with E-state index in [9.17, 15) is 4.79 Å². The molecule has 0 radical (unpaired) electrons. The summed E-state index contributed by atoms with van der Waals surface area (Å²) in [6.07, 6.45) is 4.01. The van der Waals surface area contributed by atoms with Gasteiger partial charge in [-0.15, -0.1) is 0 Å². The predicted octanol–water partition coefficient (Wildman–Crippen LogP) is 2.15. The standard InChI is InChI=1S/C17H21N5O/c1-2-17(23)20-14-6-7-16(19-13-14)22-11-9-21(10-12-22)15-5-3-4-8-18-15/h3-8,13H,2,9-12H2,1H3,(H,20,23). The Morgan fingerprint density at radius 3 is 2.26 bits per heavy atom. The molecule has 6 nitrogen and oxygen atoms in total. The fraction of sp³-hybridized carbons (Fsp3) is 0.353. The molecule has 0 unspecified atom stereocenters. The second kappa shape index (κ2) is 7.09. The lowest BCUT2D eigenvalue weighted by molar-refractivity contribution is -0.115. The molecule has 3 rings (SSSR count). The van der Waals surface area contributed by atoms with Crippen LogP contribution in [0.5, 0.6) is 0 Å². The average Bonchev–Trinajstić information content (AvgIpc) is 2.63. The molecule has 1 aliphatic rings. The Morgan fingerprint density at radius 1 is 1.04 bits per heavy atom. The first-order chi connectivity index (χ1) is 11.3. The summed E-state index contributed by atoms with van der Waals surface area (Å²) in [6, 6.07) is 9.85. The number of carbonyl (C=O) groups excluding carboxylic acids is 1. The van der Waals surface area contributed by atoms with Crippen LogP contribution in [-0.2, 0) is 4.79 Å². The van der Waals surface area contributed by atoms with E-state index >= 15 is 0 Å². The van der Waals surface area contributed by atoms with E-state index in [1.165, 1.54) is 0 Å². The number of rotatable bonds is 4. The van der Waals surface area contributed by atoms with Gasteiger partial charge in [-0.2, -0.15) is 0 Å². The maximum absolute atomic E-state index is 11.4. The van der Waals surface area contributed by atoms with Crippen LogP contribution in [-0.4, -0.2) is 42.1 Å². The van der Waals surface area contributed by atoms with Crippen LogP contribution in [0.15, 0.2) is 42.7 Å². The molecule has 23 heavy (non-hydrogen) atoms. The highest BCUT2D eigenvalue weighted by Gasteiger charge is 2.18. The van der Waals surface area contributed by atoms with Crippen LogP contribution in [0, 0.1) is 0 Å². The SMILES string of the molecule is CCC(=O)Nc1ccc(N2CCN(c3ccccn3)CC2)nc1. The lowest BCUT2D eigenvalue weighted by Crippen LogP contribution is -2.47. The van der Waals surface area contributed by atoms with Crippen LogP contribution in [0.25, 0.3) is 0 Å². The Bertz CT molecular complexity index is 636. The van der Waals surface area contributed by atoms with Gasteiger partial charge in [0.1, 0.15) is 11.6 Å². The minimum atomic E-state index is 0.00326. The highest BCUT2D eigenvalue weighted by atomic mass is 16.1. The normalized spacial score (nSPS) is 14.7. The predicted molar refractivity (Wildman–Crippen MR) is 91.8 cm³/mol. The average molecular weight is 311 g/mol. The molecular weight excluding hydrogens is 290 g/mol. The molecule has 120 valence electrons. The van der Waals surface area contributed by atoms with Crippen LogP contribution >= 0.6 is 0 Å². The van der Waals surface area contributed by atoms with Crippen molar-refractivity contribution < 1.29 is 4.79 Å². The molecule has 2 aromatic rings. The van der Waals surface area contributed by atoms with Crippen molar-refractivity contribution in [1.82, 2.24) is 9.97 Å². The first-order valence-electron chi connectivity index (χ1n) is 7.93. The van der Waals surface area contributed by atoms with Gasteiger partial charge >= 0.3 is 0 Å². The number of piperazine rings is 1. The van der Waals surface area contributed by atoms with E-state index in [-0.39, 0.29) is 5.91 Å². The first-order valence-corrected chi connectivity index (χ1v) is 7.93. The number of pyridine rings is 2. The highest BCUT2D eigenvalue weighted by Crippen LogP contribution is 2.18. The topological polar surface area (TPSA) is 61.4 Å². The van der Waals surface area contributed by atoms with Gasteiger partial charge in [0, 0.05) is 38.8 Å².